The highest BCUT2D eigenvalue weighted by Gasteiger charge is 2.26. The number of carboxylic acid groups (broad SMARTS) is 1. The van der Waals surface area contributed by atoms with E-state index in [2.05, 4.69) is 0 Å². The van der Waals surface area contributed by atoms with Gasteiger partial charge in [-0.25, -0.2) is 0 Å². The fourth-order valence-corrected chi connectivity index (χ4v) is 2.03. The van der Waals surface area contributed by atoms with Gasteiger partial charge in [-0.1, -0.05) is 18.2 Å². The van der Waals surface area contributed by atoms with E-state index in [9.17, 15) is 4.79 Å². The summed E-state index contributed by atoms with van der Waals surface area (Å²) in [6, 6.07) is 9.51. The first-order valence-corrected chi connectivity index (χ1v) is 6.09. The molecule has 3 N–H and O–H groups in total. The molecule has 4 nitrogen and oxygen atoms in total. The summed E-state index contributed by atoms with van der Waals surface area (Å²) in [5, 5.41) is 8.81. The highest BCUT2D eigenvalue weighted by molar-refractivity contribution is 5.67. The SMILES string of the molecule is CC(C)(C[C@H](CN)CC(=O)O)Oc1ccccc1. The predicted octanol–water partition coefficient (Wildman–Crippen LogP) is 2.28. The van der Waals surface area contributed by atoms with E-state index in [0.717, 1.165) is 5.75 Å². The average molecular weight is 251 g/mol. The Labute approximate surface area is 108 Å². The van der Waals surface area contributed by atoms with Gasteiger partial charge < -0.3 is 15.6 Å². The lowest BCUT2D eigenvalue weighted by atomic mass is 9.91. The van der Waals surface area contributed by atoms with Crippen molar-refractivity contribution in [1.82, 2.24) is 0 Å². The molecule has 0 aliphatic rings. The highest BCUT2D eigenvalue weighted by atomic mass is 16.5. The van der Waals surface area contributed by atoms with Crippen LogP contribution in [0.5, 0.6) is 5.75 Å². The van der Waals surface area contributed by atoms with E-state index in [4.69, 9.17) is 15.6 Å². The minimum absolute atomic E-state index is 0.0683. The minimum Gasteiger partial charge on any atom is -0.488 e. The maximum absolute atomic E-state index is 10.7. The number of hydrogen-bond acceptors (Lipinski definition) is 3. The molecule has 0 spiro atoms. The number of ether oxygens (including phenoxy) is 1. The van der Waals surface area contributed by atoms with E-state index >= 15 is 0 Å². The molecule has 0 saturated heterocycles. The van der Waals surface area contributed by atoms with E-state index < -0.39 is 11.6 Å². The lowest BCUT2D eigenvalue weighted by Gasteiger charge is -2.29. The number of aliphatic carboxylic acids is 1. The Hall–Kier alpha value is -1.55. The first kappa shape index (κ1) is 14.5. The Bertz CT molecular complexity index is 376. The van der Waals surface area contributed by atoms with Gasteiger partial charge in [0.15, 0.2) is 0 Å². The number of para-hydroxylation sites is 1. The topological polar surface area (TPSA) is 72.6 Å². The zero-order valence-electron chi connectivity index (χ0n) is 10.9. The maximum atomic E-state index is 10.7. The van der Waals surface area contributed by atoms with E-state index in [1.54, 1.807) is 0 Å². The molecule has 0 radical (unpaired) electrons. The second-order valence-corrected chi connectivity index (χ2v) is 5.08. The molecule has 0 saturated carbocycles. The number of benzene rings is 1. The van der Waals surface area contributed by atoms with Gasteiger partial charge in [0.2, 0.25) is 0 Å². The molecule has 0 heterocycles. The third-order valence-corrected chi connectivity index (χ3v) is 2.71. The third-order valence-electron chi connectivity index (χ3n) is 2.71. The largest absolute Gasteiger partial charge is 0.488 e. The van der Waals surface area contributed by atoms with Crippen LogP contribution in [0.4, 0.5) is 0 Å². The smallest absolute Gasteiger partial charge is 0.303 e. The summed E-state index contributed by atoms with van der Waals surface area (Å²) >= 11 is 0. The summed E-state index contributed by atoms with van der Waals surface area (Å²) in [4.78, 5) is 10.7. The number of carbonyl (C=O) groups is 1. The van der Waals surface area contributed by atoms with E-state index in [1.807, 2.05) is 44.2 Å². The first-order chi connectivity index (χ1) is 8.43. The first-order valence-electron chi connectivity index (χ1n) is 6.09. The molecule has 0 unspecified atom stereocenters. The molecule has 1 aromatic rings. The molecule has 0 aromatic heterocycles. The zero-order valence-corrected chi connectivity index (χ0v) is 10.9. The Morgan fingerprint density at radius 2 is 2.00 bits per heavy atom. The Morgan fingerprint density at radius 1 is 1.39 bits per heavy atom. The monoisotopic (exact) mass is 251 g/mol. The Kier molecular flexibility index (Phi) is 5.16. The minimum atomic E-state index is -0.819. The molecule has 18 heavy (non-hydrogen) atoms. The van der Waals surface area contributed by atoms with Crippen molar-refractivity contribution in [3.05, 3.63) is 30.3 Å². The van der Waals surface area contributed by atoms with Gasteiger partial charge in [0.1, 0.15) is 11.4 Å². The molecular formula is C14H21NO3. The van der Waals surface area contributed by atoms with Gasteiger partial charge >= 0.3 is 5.97 Å². The van der Waals surface area contributed by atoms with Gasteiger partial charge in [0, 0.05) is 6.42 Å². The van der Waals surface area contributed by atoms with Crippen molar-refractivity contribution in [1.29, 1.82) is 0 Å². The molecule has 1 aromatic carbocycles. The molecule has 0 fully saturated rings. The van der Waals surface area contributed by atoms with Gasteiger partial charge in [-0.05, 0) is 44.9 Å². The van der Waals surface area contributed by atoms with Crippen LogP contribution in [0.1, 0.15) is 26.7 Å². The van der Waals surface area contributed by atoms with Crippen molar-refractivity contribution in [2.75, 3.05) is 6.54 Å². The van der Waals surface area contributed by atoms with E-state index in [0.29, 0.717) is 13.0 Å². The standard InChI is InChI=1S/C14H21NO3/c1-14(2,9-11(10-15)8-13(16)17)18-12-6-4-3-5-7-12/h3-7,11H,8-10,15H2,1-2H3,(H,16,17)/t11-/m1/s1. The molecule has 0 amide bonds. The van der Waals surface area contributed by atoms with Crippen molar-refractivity contribution >= 4 is 5.97 Å². The van der Waals surface area contributed by atoms with Crippen molar-refractivity contribution in [2.45, 2.75) is 32.3 Å². The van der Waals surface area contributed by atoms with Gasteiger partial charge in [-0.2, -0.15) is 0 Å². The van der Waals surface area contributed by atoms with Crippen molar-refractivity contribution < 1.29 is 14.6 Å². The van der Waals surface area contributed by atoms with Crippen LogP contribution in [-0.4, -0.2) is 23.2 Å². The van der Waals surface area contributed by atoms with Crippen LogP contribution in [0.15, 0.2) is 30.3 Å². The van der Waals surface area contributed by atoms with Gasteiger partial charge in [-0.3, -0.25) is 4.79 Å². The number of hydrogen-bond donors (Lipinski definition) is 2. The highest BCUT2D eigenvalue weighted by Crippen LogP contribution is 2.25. The lowest BCUT2D eigenvalue weighted by molar-refractivity contribution is -0.138. The van der Waals surface area contributed by atoms with Gasteiger partial charge in [-0.15, -0.1) is 0 Å². The van der Waals surface area contributed by atoms with Crippen LogP contribution in [0.3, 0.4) is 0 Å². The van der Waals surface area contributed by atoms with Crippen LogP contribution in [-0.2, 0) is 4.79 Å². The molecular weight excluding hydrogens is 230 g/mol. The molecule has 100 valence electrons. The fraction of sp³-hybridized carbons (Fsp3) is 0.500. The second kappa shape index (κ2) is 6.40. The van der Waals surface area contributed by atoms with Crippen LogP contribution in [0.2, 0.25) is 0 Å². The summed E-state index contributed by atoms with van der Waals surface area (Å²) in [5.41, 5.74) is 5.17. The number of carboxylic acids is 1. The molecule has 0 aliphatic heterocycles. The van der Waals surface area contributed by atoms with E-state index in [1.165, 1.54) is 0 Å². The molecule has 0 aliphatic carbocycles. The summed E-state index contributed by atoms with van der Waals surface area (Å²) in [6.45, 7) is 4.25. The van der Waals surface area contributed by atoms with Crippen LogP contribution in [0.25, 0.3) is 0 Å². The quantitative estimate of drug-likeness (QED) is 0.779. The van der Waals surface area contributed by atoms with Crippen molar-refractivity contribution in [3.8, 4) is 5.75 Å². The summed E-state index contributed by atoms with van der Waals surface area (Å²) in [5.74, 6) is -0.101. The summed E-state index contributed by atoms with van der Waals surface area (Å²) in [6.07, 6.45) is 0.697. The number of rotatable bonds is 7. The maximum Gasteiger partial charge on any atom is 0.303 e. The molecule has 0 bridgehead atoms. The molecule has 1 atom stereocenters. The van der Waals surface area contributed by atoms with Gasteiger partial charge in [0.05, 0.1) is 0 Å². The zero-order chi connectivity index (χ0) is 13.6. The predicted molar refractivity (Wildman–Crippen MR) is 70.6 cm³/mol. The molecule has 1 rings (SSSR count). The van der Waals surface area contributed by atoms with Crippen LogP contribution in [0, 0.1) is 5.92 Å². The summed E-state index contributed by atoms with van der Waals surface area (Å²) < 4.78 is 5.87. The lowest BCUT2D eigenvalue weighted by Crippen LogP contribution is -2.34. The third kappa shape index (κ3) is 5.19. The number of nitrogens with two attached hydrogens (primary N) is 1. The second-order valence-electron chi connectivity index (χ2n) is 5.08. The summed E-state index contributed by atoms with van der Waals surface area (Å²) in [7, 11) is 0. The van der Waals surface area contributed by atoms with Crippen LogP contribution >= 0.6 is 0 Å². The van der Waals surface area contributed by atoms with Crippen LogP contribution < -0.4 is 10.5 Å². The van der Waals surface area contributed by atoms with Gasteiger partial charge in [0.25, 0.3) is 0 Å². The van der Waals surface area contributed by atoms with E-state index in [-0.39, 0.29) is 12.3 Å². The average Bonchev–Trinajstić information content (AvgIpc) is 2.27. The normalized spacial score (nSPS) is 13.1. The van der Waals surface area contributed by atoms with Crippen molar-refractivity contribution in [2.24, 2.45) is 11.7 Å². The Morgan fingerprint density at radius 3 is 2.50 bits per heavy atom. The van der Waals surface area contributed by atoms with Crippen molar-refractivity contribution in [3.63, 3.8) is 0 Å². The molecule has 4 heteroatoms. The Balaban J connectivity index is 2.60. The fourth-order valence-electron chi connectivity index (χ4n) is 2.03.